The zero-order valence-electron chi connectivity index (χ0n) is 9.81. The molecule has 18 heavy (non-hydrogen) atoms. The zero-order valence-corrected chi connectivity index (χ0v) is 10.6. The lowest BCUT2D eigenvalue weighted by Crippen LogP contribution is -2.11. The second-order valence-electron chi connectivity index (χ2n) is 3.77. The van der Waals surface area contributed by atoms with Crippen LogP contribution in [0.2, 0.25) is 5.02 Å². The number of amides is 1. The van der Waals surface area contributed by atoms with Crippen molar-refractivity contribution >= 4 is 23.3 Å². The maximum absolute atomic E-state index is 11.5. The van der Waals surface area contributed by atoms with E-state index in [1.54, 1.807) is 24.3 Å². The van der Waals surface area contributed by atoms with Crippen LogP contribution in [0, 0.1) is 0 Å². The molecule has 0 aliphatic rings. The molecule has 5 nitrogen and oxygen atoms in total. The molecule has 0 atom stereocenters. The number of hydrogen-bond donors (Lipinski definition) is 1. The molecule has 0 aliphatic heterocycles. The number of benzene rings is 1. The van der Waals surface area contributed by atoms with Crippen molar-refractivity contribution in [2.45, 2.75) is 19.8 Å². The van der Waals surface area contributed by atoms with E-state index < -0.39 is 0 Å². The normalized spacial score (nSPS) is 10.3. The summed E-state index contributed by atoms with van der Waals surface area (Å²) in [5.41, 5.74) is 1.28. The molecule has 0 radical (unpaired) electrons. The number of carbonyl (C=O) groups is 1. The van der Waals surface area contributed by atoms with Gasteiger partial charge in [-0.25, -0.2) is 4.63 Å². The summed E-state index contributed by atoms with van der Waals surface area (Å²) in [6, 6.07) is 7.06. The van der Waals surface area contributed by atoms with Gasteiger partial charge in [-0.1, -0.05) is 30.7 Å². The Bertz CT molecular complexity index is 537. The number of halogens is 1. The Kier molecular flexibility index (Phi) is 3.94. The summed E-state index contributed by atoms with van der Waals surface area (Å²) in [7, 11) is 0. The predicted octanol–water partition coefficient (Wildman–Crippen LogP) is 3.13. The van der Waals surface area contributed by atoms with Gasteiger partial charge in [-0.2, -0.15) is 0 Å². The highest BCUT2D eigenvalue weighted by molar-refractivity contribution is 6.30. The van der Waals surface area contributed by atoms with Crippen molar-refractivity contribution < 1.29 is 9.42 Å². The Morgan fingerprint density at radius 2 is 2.06 bits per heavy atom. The van der Waals surface area contributed by atoms with Crippen LogP contribution in [0.5, 0.6) is 0 Å². The lowest BCUT2D eigenvalue weighted by molar-refractivity contribution is -0.116. The molecule has 1 aromatic carbocycles. The van der Waals surface area contributed by atoms with Crippen LogP contribution in [-0.2, 0) is 4.79 Å². The van der Waals surface area contributed by atoms with Gasteiger partial charge in [0.05, 0.1) is 0 Å². The number of nitrogens with zero attached hydrogens (tertiary/aromatic N) is 2. The Balaban J connectivity index is 2.22. The average molecular weight is 266 g/mol. The fourth-order valence-electron chi connectivity index (χ4n) is 1.49. The van der Waals surface area contributed by atoms with Crippen molar-refractivity contribution in [3.8, 4) is 11.3 Å². The van der Waals surface area contributed by atoms with E-state index in [2.05, 4.69) is 20.3 Å². The molecule has 0 bridgehead atoms. The van der Waals surface area contributed by atoms with Gasteiger partial charge in [0.2, 0.25) is 11.7 Å². The van der Waals surface area contributed by atoms with Crippen molar-refractivity contribution in [1.82, 2.24) is 10.3 Å². The summed E-state index contributed by atoms with van der Waals surface area (Å²) in [6.45, 7) is 1.93. The van der Waals surface area contributed by atoms with E-state index in [0.717, 1.165) is 12.0 Å². The summed E-state index contributed by atoms with van der Waals surface area (Å²) in [4.78, 5) is 11.5. The summed E-state index contributed by atoms with van der Waals surface area (Å²) >= 11 is 5.81. The second-order valence-corrected chi connectivity index (χ2v) is 4.20. The molecular formula is C12H12ClN3O2. The second kappa shape index (κ2) is 5.64. The maximum Gasteiger partial charge on any atom is 0.225 e. The molecule has 1 heterocycles. The number of aromatic nitrogens is 2. The lowest BCUT2D eigenvalue weighted by Gasteiger charge is -2.01. The summed E-state index contributed by atoms with van der Waals surface area (Å²) < 4.78 is 4.66. The Morgan fingerprint density at radius 3 is 2.72 bits per heavy atom. The van der Waals surface area contributed by atoms with Gasteiger partial charge in [-0.3, -0.25) is 4.79 Å². The quantitative estimate of drug-likeness (QED) is 0.922. The van der Waals surface area contributed by atoms with Gasteiger partial charge in [0.15, 0.2) is 5.69 Å². The van der Waals surface area contributed by atoms with Gasteiger partial charge in [0.25, 0.3) is 0 Å². The first-order valence-corrected chi connectivity index (χ1v) is 5.97. The van der Waals surface area contributed by atoms with Gasteiger partial charge in [0, 0.05) is 17.0 Å². The third kappa shape index (κ3) is 2.87. The summed E-state index contributed by atoms with van der Waals surface area (Å²) in [5.74, 6) is 0.221. The number of carbonyl (C=O) groups excluding carboxylic acids is 1. The number of hydrogen-bond acceptors (Lipinski definition) is 4. The van der Waals surface area contributed by atoms with Crippen LogP contribution in [-0.4, -0.2) is 16.2 Å². The monoisotopic (exact) mass is 265 g/mol. The topological polar surface area (TPSA) is 68.0 Å². The molecule has 94 valence electrons. The number of rotatable bonds is 4. The zero-order chi connectivity index (χ0) is 13.0. The van der Waals surface area contributed by atoms with Crippen molar-refractivity contribution in [2.75, 3.05) is 5.32 Å². The first kappa shape index (κ1) is 12.6. The Labute approximate surface area is 109 Å². The molecule has 6 heteroatoms. The Morgan fingerprint density at radius 1 is 1.33 bits per heavy atom. The van der Waals surface area contributed by atoms with Gasteiger partial charge in [-0.15, -0.1) is 0 Å². The molecule has 0 spiro atoms. The van der Waals surface area contributed by atoms with E-state index in [0.29, 0.717) is 23.0 Å². The molecular weight excluding hydrogens is 254 g/mol. The highest BCUT2D eigenvalue weighted by Crippen LogP contribution is 2.25. The van der Waals surface area contributed by atoms with Crippen LogP contribution in [0.3, 0.4) is 0 Å². The van der Waals surface area contributed by atoms with Crippen molar-refractivity contribution in [2.24, 2.45) is 0 Å². The van der Waals surface area contributed by atoms with Crippen LogP contribution in [0.1, 0.15) is 19.8 Å². The molecule has 2 rings (SSSR count). The molecule has 1 amide bonds. The van der Waals surface area contributed by atoms with Crippen LogP contribution >= 0.6 is 11.6 Å². The van der Waals surface area contributed by atoms with E-state index in [1.807, 2.05) is 6.92 Å². The first-order chi connectivity index (χ1) is 8.70. The van der Waals surface area contributed by atoms with E-state index in [-0.39, 0.29) is 5.91 Å². The smallest absolute Gasteiger partial charge is 0.225 e. The van der Waals surface area contributed by atoms with Gasteiger partial charge in [-0.05, 0) is 28.9 Å². The summed E-state index contributed by atoms with van der Waals surface area (Å²) in [6.07, 6.45) is 1.21. The van der Waals surface area contributed by atoms with Crippen LogP contribution in [0.25, 0.3) is 11.3 Å². The lowest BCUT2D eigenvalue weighted by atomic mass is 10.1. The molecule has 1 N–H and O–H groups in total. The van der Waals surface area contributed by atoms with Gasteiger partial charge >= 0.3 is 0 Å². The highest BCUT2D eigenvalue weighted by atomic mass is 35.5. The minimum absolute atomic E-state index is 0.108. The van der Waals surface area contributed by atoms with Crippen molar-refractivity contribution in [1.29, 1.82) is 0 Å². The van der Waals surface area contributed by atoms with Crippen LogP contribution < -0.4 is 5.32 Å². The highest BCUT2D eigenvalue weighted by Gasteiger charge is 2.14. The van der Waals surface area contributed by atoms with E-state index in [4.69, 9.17) is 11.6 Å². The van der Waals surface area contributed by atoms with E-state index in [9.17, 15) is 4.79 Å². The summed E-state index contributed by atoms with van der Waals surface area (Å²) in [5, 5.41) is 10.8. The molecule has 0 saturated carbocycles. The molecule has 2 aromatic rings. The fraction of sp³-hybridized carbons (Fsp3) is 0.250. The fourth-order valence-corrected chi connectivity index (χ4v) is 1.62. The van der Waals surface area contributed by atoms with Crippen molar-refractivity contribution in [3.05, 3.63) is 29.3 Å². The minimum atomic E-state index is -0.108. The van der Waals surface area contributed by atoms with E-state index >= 15 is 0 Å². The average Bonchev–Trinajstić information content (AvgIpc) is 2.78. The third-order valence-electron chi connectivity index (χ3n) is 2.34. The Hall–Kier alpha value is -1.88. The minimum Gasteiger partial charge on any atom is -0.306 e. The molecule has 0 saturated heterocycles. The van der Waals surface area contributed by atoms with E-state index in [1.165, 1.54) is 0 Å². The van der Waals surface area contributed by atoms with Gasteiger partial charge in [0.1, 0.15) is 0 Å². The largest absolute Gasteiger partial charge is 0.306 e. The predicted molar refractivity (Wildman–Crippen MR) is 68.3 cm³/mol. The number of nitrogens with one attached hydrogen (secondary N) is 1. The number of anilines is 1. The molecule has 0 unspecified atom stereocenters. The van der Waals surface area contributed by atoms with Crippen molar-refractivity contribution in [3.63, 3.8) is 0 Å². The van der Waals surface area contributed by atoms with Crippen LogP contribution in [0.4, 0.5) is 5.82 Å². The SMILES string of the molecule is CCCC(=O)Nc1nonc1-c1ccc(Cl)cc1. The standard InChI is InChI=1S/C12H12ClN3O2/c1-2-3-10(17)14-12-11(15-18-16-12)8-4-6-9(13)7-5-8/h4-7H,2-3H2,1H3,(H,14,16,17). The molecule has 0 aliphatic carbocycles. The maximum atomic E-state index is 11.5. The first-order valence-electron chi connectivity index (χ1n) is 5.59. The van der Waals surface area contributed by atoms with Gasteiger partial charge < -0.3 is 5.32 Å². The molecule has 0 fully saturated rings. The molecule has 1 aromatic heterocycles. The van der Waals surface area contributed by atoms with Crippen LogP contribution in [0.15, 0.2) is 28.9 Å². The third-order valence-corrected chi connectivity index (χ3v) is 2.59.